The van der Waals surface area contributed by atoms with Gasteiger partial charge in [-0.1, -0.05) is 44.7 Å². The average Bonchev–Trinajstić information content (AvgIpc) is 2.96. The smallest absolute Gasteiger partial charge is 0.229 e. The number of unbranched alkanes of at least 4 members (excludes halogenated alkanes) is 1. The molecule has 1 aromatic rings. The molecule has 1 aliphatic rings. The fourth-order valence-electron chi connectivity index (χ4n) is 3.11. The zero-order chi connectivity index (χ0) is 14.4. The van der Waals surface area contributed by atoms with E-state index in [9.17, 15) is 0 Å². The lowest BCUT2D eigenvalue weighted by molar-refractivity contribution is 0.260. The van der Waals surface area contributed by atoms with Crippen LogP contribution < -0.4 is 0 Å². The zero-order valence-electron chi connectivity index (χ0n) is 12.8. The summed E-state index contributed by atoms with van der Waals surface area (Å²) in [4.78, 5) is 4.53. The Morgan fingerprint density at radius 3 is 2.60 bits per heavy atom. The van der Waals surface area contributed by atoms with Crippen molar-refractivity contribution >= 4 is 11.6 Å². The molecule has 0 N–H and O–H groups in total. The van der Waals surface area contributed by atoms with E-state index in [2.05, 4.69) is 24.0 Å². The molecule has 0 amide bonds. The van der Waals surface area contributed by atoms with Crippen LogP contribution in [0.15, 0.2) is 4.52 Å². The molecule has 2 rings (SSSR count). The highest BCUT2D eigenvalue weighted by molar-refractivity contribution is 6.20. The van der Waals surface area contributed by atoms with Gasteiger partial charge < -0.3 is 4.52 Å². The summed E-state index contributed by atoms with van der Waals surface area (Å²) >= 11 is 6.25. The molecule has 3 nitrogen and oxygen atoms in total. The van der Waals surface area contributed by atoms with Crippen molar-refractivity contribution in [2.75, 3.05) is 0 Å². The summed E-state index contributed by atoms with van der Waals surface area (Å²) < 4.78 is 5.44. The highest BCUT2D eigenvalue weighted by Gasteiger charge is 2.27. The predicted octanol–water partition coefficient (Wildman–Crippen LogP) is 5.61. The Hall–Kier alpha value is -0.570. The molecule has 1 atom stereocenters. The van der Waals surface area contributed by atoms with Crippen LogP contribution in [0.1, 0.15) is 94.6 Å². The maximum absolute atomic E-state index is 6.25. The van der Waals surface area contributed by atoms with Gasteiger partial charge in [0.15, 0.2) is 5.82 Å². The quantitative estimate of drug-likeness (QED) is 0.614. The van der Waals surface area contributed by atoms with Gasteiger partial charge in [0.2, 0.25) is 5.89 Å². The third-order valence-electron chi connectivity index (χ3n) is 4.44. The molecule has 1 aliphatic carbocycles. The van der Waals surface area contributed by atoms with Gasteiger partial charge in [-0.25, -0.2) is 0 Å². The van der Waals surface area contributed by atoms with Crippen LogP contribution in [0.4, 0.5) is 0 Å². The highest BCUT2D eigenvalue weighted by Crippen LogP contribution is 2.37. The molecule has 1 aromatic heterocycles. The van der Waals surface area contributed by atoms with Crippen molar-refractivity contribution in [3.63, 3.8) is 0 Å². The summed E-state index contributed by atoms with van der Waals surface area (Å²) in [5, 5.41) is 3.96. The van der Waals surface area contributed by atoms with Gasteiger partial charge in [-0.15, -0.1) is 11.6 Å². The summed E-state index contributed by atoms with van der Waals surface area (Å²) in [5.74, 6) is 2.86. The lowest BCUT2D eigenvalue weighted by Gasteiger charge is -2.26. The van der Waals surface area contributed by atoms with E-state index >= 15 is 0 Å². The van der Waals surface area contributed by atoms with Gasteiger partial charge in [-0.3, -0.25) is 0 Å². The Morgan fingerprint density at radius 1 is 1.20 bits per heavy atom. The van der Waals surface area contributed by atoms with Crippen molar-refractivity contribution < 1.29 is 4.52 Å². The minimum absolute atomic E-state index is 0.0987. The van der Waals surface area contributed by atoms with E-state index in [4.69, 9.17) is 16.1 Å². The number of aromatic nitrogens is 2. The molecular weight excluding hydrogens is 272 g/mol. The van der Waals surface area contributed by atoms with E-state index in [1.807, 2.05) is 0 Å². The summed E-state index contributed by atoms with van der Waals surface area (Å²) in [6.07, 6.45) is 11.0. The highest BCUT2D eigenvalue weighted by atomic mass is 35.5. The van der Waals surface area contributed by atoms with Gasteiger partial charge in [-0.2, -0.15) is 4.98 Å². The van der Waals surface area contributed by atoms with Crippen molar-refractivity contribution in [2.24, 2.45) is 5.92 Å². The lowest BCUT2D eigenvalue weighted by Crippen LogP contribution is -2.13. The maximum atomic E-state index is 6.25. The van der Waals surface area contributed by atoms with Gasteiger partial charge in [0.1, 0.15) is 0 Å². The average molecular weight is 299 g/mol. The minimum Gasteiger partial charge on any atom is -0.339 e. The molecule has 1 saturated carbocycles. The summed E-state index contributed by atoms with van der Waals surface area (Å²) in [6, 6.07) is 0. The van der Waals surface area contributed by atoms with Gasteiger partial charge in [0, 0.05) is 5.92 Å². The molecule has 0 spiro atoms. The molecule has 20 heavy (non-hydrogen) atoms. The fraction of sp³-hybridized carbons (Fsp3) is 0.875. The van der Waals surface area contributed by atoms with E-state index < -0.39 is 0 Å². The number of rotatable bonds is 7. The molecule has 0 aromatic carbocycles. The summed E-state index contributed by atoms with van der Waals surface area (Å²) in [6.45, 7) is 4.39. The van der Waals surface area contributed by atoms with Crippen molar-refractivity contribution in [2.45, 2.75) is 82.9 Å². The van der Waals surface area contributed by atoms with E-state index in [0.717, 1.165) is 24.7 Å². The number of alkyl halides is 1. The molecule has 0 aliphatic heterocycles. The number of halogens is 1. The molecule has 1 unspecified atom stereocenters. The molecule has 4 heteroatoms. The second-order valence-electron chi connectivity index (χ2n) is 6.11. The molecule has 0 saturated heterocycles. The van der Waals surface area contributed by atoms with Crippen LogP contribution in [-0.4, -0.2) is 10.1 Å². The zero-order valence-corrected chi connectivity index (χ0v) is 13.5. The maximum Gasteiger partial charge on any atom is 0.229 e. The van der Waals surface area contributed by atoms with Crippen molar-refractivity contribution in [1.82, 2.24) is 10.1 Å². The molecule has 1 heterocycles. The Balaban J connectivity index is 1.84. The number of nitrogens with zero attached hydrogens (tertiary/aromatic N) is 2. The van der Waals surface area contributed by atoms with Crippen molar-refractivity contribution in [3.05, 3.63) is 11.7 Å². The van der Waals surface area contributed by atoms with Gasteiger partial charge in [-0.05, 0) is 38.0 Å². The first-order chi connectivity index (χ1) is 9.74. The van der Waals surface area contributed by atoms with Crippen molar-refractivity contribution in [1.29, 1.82) is 0 Å². The Kier molecular flexibility index (Phi) is 6.34. The minimum atomic E-state index is -0.0987. The third-order valence-corrected chi connectivity index (χ3v) is 4.86. The number of hydrogen-bond donors (Lipinski definition) is 0. The van der Waals surface area contributed by atoms with Crippen molar-refractivity contribution in [3.8, 4) is 0 Å². The fourth-order valence-corrected chi connectivity index (χ4v) is 3.42. The monoisotopic (exact) mass is 298 g/mol. The number of hydrogen-bond acceptors (Lipinski definition) is 3. The first-order valence-electron chi connectivity index (χ1n) is 8.22. The lowest BCUT2D eigenvalue weighted by atomic mass is 9.80. The summed E-state index contributed by atoms with van der Waals surface area (Å²) in [7, 11) is 0. The summed E-state index contributed by atoms with van der Waals surface area (Å²) in [5.41, 5.74) is 0. The molecular formula is C16H27ClN2O. The Labute approximate surface area is 127 Å². The first-order valence-corrected chi connectivity index (χ1v) is 8.65. The molecule has 1 fully saturated rings. The largest absolute Gasteiger partial charge is 0.339 e. The first kappa shape index (κ1) is 15.8. The predicted molar refractivity (Wildman–Crippen MR) is 82.0 cm³/mol. The van der Waals surface area contributed by atoms with E-state index in [1.165, 1.54) is 44.9 Å². The SMILES string of the molecule is CCCCC1CCC(c2nc(C(Cl)CCC)no2)CC1. The van der Waals surface area contributed by atoms with Gasteiger partial charge >= 0.3 is 0 Å². The topological polar surface area (TPSA) is 38.9 Å². The van der Waals surface area contributed by atoms with E-state index in [1.54, 1.807) is 0 Å². The standard InChI is InChI=1S/C16H27ClN2O/c1-3-5-7-12-8-10-13(11-9-12)16-18-15(19-20-16)14(17)6-4-2/h12-14H,3-11H2,1-2H3. The van der Waals surface area contributed by atoms with E-state index in [0.29, 0.717) is 11.7 Å². The van der Waals surface area contributed by atoms with Gasteiger partial charge in [0.25, 0.3) is 0 Å². The Morgan fingerprint density at radius 2 is 1.95 bits per heavy atom. The molecule has 0 bridgehead atoms. The van der Waals surface area contributed by atoms with Crippen LogP contribution in [0, 0.1) is 5.92 Å². The van der Waals surface area contributed by atoms with Crippen LogP contribution in [0.3, 0.4) is 0 Å². The van der Waals surface area contributed by atoms with Crippen LogP contribution in [0.25, 0.3) is 0 Å². The van der Waals surface area contributed by atoms with E-state index in [-0.39, 0.29) is 5.38 Å². The normalized spacial score (nSPS) is 24.8. The van der Waals surface area contributed by atoms with Gasteiger partial charge in [0.05, 0.1) is 5.38 Å². The molecule has 0 radical (unpaired) electrons. The van der Waals surface area contributed by atoms with Crippen LogP contribution >= 0.6 is 11.6 Å². The second kappa shape index (κ2) is 8.02. The van der Waals surface area contributed by atoms with Crippen LogP contribution in [-0.2, 0) is 0 Å². The van der Waals surface area contributed by atoms with Crippen LogP contribution in [0.5, 0.6) is 0 Å². The second-order valence-corrected chi connectivity index (χ2v) is 6.63. The third kappa shape index (κ3) is 4.21. The Bertz CT molecular complexity index is 386. The van der Waals surface area contributed by atoms with Crippen LogP contribution in [0.2, 0.25) is 0 Å². The molecule has 114 valence electrons.